The lowest BCUT2D eigenvalue weighted by Gasteiger charge is -2.11. The number of benzene rings is 1. The Hall–Kier alpha value is -1.33. The van der Waals surface area contributed by atoms with Gasteiger partial charge in [-0.05, 0) is 46.5 Å². The lowest BCUT2D eigenvalue weighted by molar-refractivity contribution is 0.304. The predicted octanol–water partition coefficient (Wildman–Crippen LogP) is 3.04. The van der Waals surface area contributed by atoms with E-state index in [9.17, 15) is 0 Å². The van der Waals surface area contributed by atoms with Crippen molar-refractivity contribution in [1.82, 2.24) is 9.78 Å². The van der Waals surface area contributed by atoms with Crippen LogP contribution in [0.4, 0.5) is 0 Å². The molecule has 1 atom stereocenters. The topological polar surface area (TPSA) is 53.1 Å². The van der Waals surface area contributed by atoms with Gasteiger partial charge in [0, 0.05) is 24.8 Å². The number of nitrogens with two attached hydrogens (primary N) is 1. The van der Waals surface area contributed by atoms with Crippen molar-refractivity contribution in [2.75, 3.05) is 0 Å². The standard InChI is InChI=1S/C15H20BrN3O/c1-3-13(17)6-11-4-5-15(14(16)7-11)20-10-12-8-18-19(2)9-12/h4-5,7-9,13H,3,6,10,17H2,1-2H3. The quantitative estimate of drug-likeness (QED) is 0.881. The lowest BCUT2D eigenvalue weighted by atomic mass is 10.0. The summed E-state index contributed by atoms with van der Waals surface area (Å²) < 4.78 is 8.52. The minimum Gasteiger partial charge on any atom is -0.488 e. The molecule has 0 aliphatic carbocycles. The van der Waals surface area contributed by atoms with Crippen molar-refractivity contribution in [1.29, 1.82) is 0 Å². The molecule has 2 aromatic rings. The number of hydrogen-bond donors (Lipinski definition) is 1. The van der Waals surface area contributed by atoms with E-state index >= 15 is 0 Å². The molecule has 0 spiro atoms. The zero-order valence-electron chi connectivity index (χ0n) is 11.8. The van der Waals surface area contributed by atoms with Gasteiger partial charge in [-0.25, -0.2) is 0 Å². The van der Waals surface area contributed by atoms with Crippen LogP contribution in [-0.2, 0) is 20.1 Å². The second-order valence-corrected chi connectivity index (χ2v) is 5.80. The van der Waals surface area contributed by atoms with Crippen molar-refractivity contribution < 1.29 is 4.74 Å². The third-order valence-corrected chi connectivity index (χ3v) is 3.79. The number of halogens is 1. The van der Waals surface area contributed by atoms with Crippen LogP contribution < -0.4 is 10.5 Å². The van der Waals surface area contributed by atoms with Crippen molar-refractivity contribution in [2.24, 2.45) is 12.8 Å². The fourth-order valence-electron chi connectivity index (χ4n) is 1.94. The summed E-state index contributed by atoms with van der Waals surface area (Å²) in [6.07, 6.45) is 5.62. The number of hydrogen-bond acceptors (Lipinski definition) is 3. The fourth-order valence-corrected chi connectivity index (χ4v) is 2.48. The second-order valence-electron chi connectivity index (χ2n) is 4.95. The molecule has 4 nitrogen and oxygen atoms in total. The average Bonchev–Trinajstić information content (AvgIpc) is 2.83. The Kier molecular flexibility index (Phi) is 5.20. The van der Waals surface area contributed by atoms with E-state index in [2.05, 4.69) is 40.1 Å². The molecule has 5 heteroatoms. The van der Waals surface area contributed by atoms with Crippen LogP contribution in [0.25, 0.3) is 0 Å². The number of rotatable bonds is 6. The molecule has 2 rings (SSSR count). The Labute approximate surface area is 128 Å². The molecule has 1 aromatic heterocycles. The zero-order valence-corrected chi connectivity index (χ0v) is 13.4. The summed E-state index contributed by atoms with van der Waals surface area (Å²) in [5.74, 6) is 0.836. The van der Waals surface area contributed by atoms with Crippen LogP contribution in [0, 0.1) is 0 Å². The molecule has 0 radical (unpaired) electrons. The number of aromatic nitrogens is 2. The Bertz CT molecular complexity index is 568. The van der Waals surface area contributed by atoms with Crippen molar-refractivity contribution in [3.63, 3.8) is 0 Å². The number of nitrogens with zero attached hydrogens (tertiary/aromatic N) is 2. The highest BCUT2D eigenvalue weighted by molar-refractivity contribution is 9.10. The molecular formula is C15H20BrN3O. The van der Waals surface area contributed by atoms with Gasteiger partial charge >= 0.3 is 0 Å². The molecule has 1 aromatic carbocycles. The minimum atomic E-state index is 0.212. The molecule has 0 aliphatic heterocycles. The van der Waals surface area contributed by atoms with Crippen molar-refractivity contribution >= 4 is 15.9 Å². The van der Waals surface area contributed by atoms with Gasteiger partial charge in [-0.15, -0.1) is 0 Å². The monoisotopic (exact) mass is 337 g/mol. The fraction of sp³-hybridized carbons (Fsp3) is 0.400. The van der Waals surface area contributed by atoms with E-state index in [1.807, 2.05) is 25.5 Å². The first kappa shape index (κ1) is 15.1. The molecule has 0 aliphatic rings. The van der Waals surface area contributed by atoms with E-state index in [0.717, 1.165) is 28.6 Å². The summed E-state index contributed by atoms with van der Waals surface area (Å²) in [6.45, 7) is 2.62. The first-order valence-electron chi connectivity index (χ1n) is 6.72. The summed E-state index contributed by atoms with van der Waals surface area (Å²) in [4.78, 5) is 0. The molecule has 20 heavy (non-hydrogen) atoms. The van der Waals surface area contributed by atoms with Gasteiger partial charge in [0.25, 0.3) is 0 Å². The van der Waals surface area contributed by atoms with E-state index < -0.39 is 0 Å². The van der Waals surface area contributed by atoms with Crippen LogP contribution in [-0.4, -0.2) is 15.8 Å². The highest BCUT2D eigenvalue weighted by Crippen LogP contribution is 2.27. The summed E-state index contributed by atoms with van der Waals surface area (Å²) >= 11 is 3.55. The molecule has 0 fully saturated rings. The Morgan fingerprint density at radius 2 is 2.20 bits per heavy atom. The third kappa shape index (κ3) is 4.08. The van der Waals surface area contributed by atoms with E-state index in [1.165, 1.54) is 5.56 Å². The van der Waals surface area contributed by atoms with Gasteiger partial charge in [-0.3, -0.25) is 4.68 Å². The number of aryl methyl sites for hydroxylation is 1. The molecule has 0 saturated carbocycles. The highest BCUT2D eigenvalue weighted by Gasteiger charge is 2.06. The second kappa shape index (κ2) is 6.90. The minimum absolute atomic E-state index is 0.212. The van der Waals surface area contributed by atoms with Gasteiger partial charge in [-0.1, -0.05) is 13.0 Å². The molecule has 0 amide bonds. The smallest absolute Gasteiger partial charge is 0.134 e. The van der Waals surface area contributed by atoms with Crippen LogP contribution in [0.3, 0.4) is 0 Å². The van der Waals surface area contributed by atoms with E-state index in [1.54, 1.807) is 4.68 Å². The Balaban J connectivity index is 1.98. The van der Waals surface area contributed by atoms with Crippen LogP contribution in [0.2, 0.25) is 0 Å². The SMILES string of the molecule is CCC(N)Cc1ccc(OCc2cnn(C)c2)c(Br)c1. The van der Waals surface area contributed by atoms with Gasteiger partial charge in [0.15, 0.2) is 0 Å². The third-order valence-electron chi connectivity index (χ3n) is 3.17. The molecule has 1 unspecified atom stereocenters. The normalized spacial score (nSPS) is 12.4. The molecule has 0 saturated heterocycles. The van der Waals surface area contributed by atoms with Gasteiger partial charge in [-0.2, -0.15) is 5.10 Å². The first-order valence-corrected chi connectivity index (χ1v) is 7.52. The maximum absolute atomic E-state index is 5.97. The highest BCUT2D eigenvalue weighted by atomic mass is 79.9. The first-order chi connectivity index (χ1) is 9.58. The number of ether oxygens (including phenoxy) is 1. The van der Waals surface area contributed by atoms with Gasteiger partial charge in [0.2, 0.25) is 0 Å². The van der Waals surface area contributed by atoms with E-state index in [0.29, 0.717) is 6.61 Å². The molecule has 2 N–H and O–H groups in total. The molecule has 108 valence electrons. The molecule has 0 bridgehead atoms. The van der Waals surface area contributed by atoms with Crippen LogP contribution in [0.15, 0.2) is 35.1 Å². The van der Waals surface area contributed by atoms with Crippen molar-refractivity contribution in [2.45, 2.75) is 32.4 Å². The van der Waals surface area contributed by atoms with Crippen LogP contribution in [0.1, 0.15) is 24.5 Å². The van der Waals surface area contributed by atoms with Gasteiger partial charge in [0.1, 0.15) is 12.4 Å². The Morgan fingerprint density at radius 3 is 2.80 bits per heavy atom. The molecule has 1 heterocycles. The maximum atomic E-state index is 5.97. The summed E-state index contributed by atoms with van der Waals surface area (Å²) in [6, 6.07) is 6.34. The summed E-state index contributed by atoms with van der Waals surface area (Å²) in [7, 11) is 1.89. The maximum Gasteiger partial charge on any atom is 0.134 e. The van der Waals surface area contributed by atoms with Gasteiger partial charge < -0.3 is 10.5 Å². The van der Waals surface area contributed by atoms with Gasteiger partial charge in [0.05, 0.1) is 10.7 Å². The van der Waals surface area contributed by atoms with E-state index in [4.69, 9.17) is 10.5 Å². The van der Waals surface area contributed by atoms with Crippen LogP contribution in [0.5, 0.6) is 5.75 Å². The summed E-state index contributed by atoms with van der Waals surface area (Å²) in [5, 5.41) is 4.12. The average molecular weight is 338 g/mol. The Morgan fingerprint density at radius 1 is 1.40 bits per heavy atom. The summed E-state index contributed by atoms with van der Waals surface area (Å²) in [5.41, 5.74) is 8.25. The van der Waals surface area contributed by atoms with E-state index in [-0.39, 0.29) is 6.04 Å². The largest absolute Gasteiger partial charge is 0.488 e. The lowest BCUT2D eigenvalue weighted by Crippen LogP contribution is -2.21. The van der Waals surface area contributed by atoms with Crippen LogP contribution >= 0.6 is 15.9 Å². The predicted molar refractivity (Wildman–Crippen MR) is 83.7 cm³/mol. The van der Waals surface area contributed by atoms with Crippen molar-refractivity contribution in [3.05, 3.63) is 46.2 Å². The van der Waals surface area contributed by atoms with Crippen molar-refractivity contribution in [3.8, 4) is 5.75 Å². The zero-order chi connectivity index (χ0) is 14.5. The molecular weight excluding hydrogens is 318 g/mol.